The summed E-state index contributed by atoms with van der Waals surface area (Å²) in [4.78, 5) is 24.1. The summed E-state index contributed by atoms with van der Waals surface area (Å²) in [6, 6.07) is 4.68. The van der Waals surface area contributed by atoms with Crippen LogP contribution in [0.4, 0.5) is 5.69 Å². The standard InChI is InChI=1S/C18H19Cl2N3O3/c1-10-14(11(2)23(4)22-10)6-8-17(24)26-12(3)18(25)21-16-7-5-13(19)9-15(16)20/h5-9,12H,1-4H3,(H,21,25)/b8-6+/t12-/m0/s1. The zero-order valence-electron chi connectivity index (χ0n) is 14.8. The van der Waals surface area contributed by atoms with E-state index in [0.717, 1.165) is 17.0 Å². The third kappa shape index (κ3) is 4.86. The number of carbonyl (C=O) groups excluding carboxylic acids is 2. The van der Waals surface area contributed by atoms with Gasteiger partial charge in [-0.1, -0.05) is 23.2 Å². The number of ether oxygens (including phenoxy) is 1. The molecule has 2 aromatic rings. The van der Waals surface area contributed by atoms with E-state index in [1.807, 2.05) is 20.9 Å². The van der Waals surface area contributed by atoms with E-state index in [1.165, 1.54) is 19.1 Å². The van der Waals surface area contributed by atoms with Crippen LogP contribution in [-0.4, -0.2) is 27.8 Å². The highest BCUT2D eigenvalue weighted by molar-refractivity contribution is 6.36. The van der Waals surface area contributed by atoms with Crippen LogP contribution in [0.25, 0.3) is 6.08 Å². The molecule has 1 aromatic carbocycles. The second-order valence-corrected chi connectivity index (χ2v) is 6.58. The number of nitrogens with one attached hydrogen (secondary N) is 1. The number of nitrogens with zero attached hydrogens (tertiary/aromatic N) is 2. The first kappa shape index (κ1) is 20.0. The van der Waals surface area contributed by atoms with Crippen LogP contribution < -0.4 is 5.32 Å². The van der Waals surface area contributed by atoms with Crippen LogP contribution in [0, 0.1) is 13.8 Å². The van der Waals surface area contributed by atoms with Gasteiger partial charge in [-0.05, 0) is 45.0 Å². The Bertz CT molecular complexity index is 875. The maximum absolute atomic E-state index is 12.2. The Balaban J connectivity index is 1.97. The van der Waals surface area contributed by atoms with Gasteiger partial charge in [0.25, 0.3) is 5.91 Å². The number of hydrogen-bond donors (Lipinski definition) is 1. The van der Waals surface area contributed by atoms with Gasteiger partial charge in [0, 0.05) is 29.4 Å². The predicted molar refractivity (Wildman–Crippen MR) is 102 cm³/mol. The summed E-state index contributed by atoms with van der Waals surface area (Å²) in [7, 11) is 1.83. The van der Waals surface area contributed by atoms with Crippen molar-refractivity contribution in [2.45, 2.75) is 26.9 Å². The lowest BCUT2D eigenvalue weighted by Crippen LogP contribution is -2.29. The highest BCUT2D eigenvalue weighted by atomic mass is 35.5. The van der Waals surface area contributed by atoms with Crippen LogP contribution in [0.5, 0.6) is 0 Å². The van der Waals surface area contributed by atoms with Gasteiger partial charge in [0.15, 0.2) is 6.10 Å². The number of hydrogen-bond acceptors (Lipinski definition) is 4. The number of aryl methyl sites for hydroxylation is 2. The van der Waals surface area contributed by atoms with Crippen molar-refractivity contribution in [3.8, 4) is 0 Å². The van der Waals surface area contributed by atoms with Gasteiger partial charge in [-0.3, -0.25) is 9.48 Å². The molecule has 0 fully saturated rings. The summed E-state index contributed by atoms with van der Waals surface area (Å²) < 4.78 is 6.85. The fourth-order valence-corrected chi connectivity index (χ4v) is 2.73. The SMILES string of the molecule is Cc1nn(C)c(C)c1/C=C/C(=O)O[C@@H](C)C(=O)Nc1ccc(Cl)cc1Cl. The van der Waals surface area contributed by atoms with E-state index in [2.05, 4.69) is 10.4 Å². The fraction of sp³-hybridized carbons (Fsp3) is 0.278. The molecule has 26 heavy (non-hydrogen) atoms. The third-order valence-electron chi connectivity index (χ3n) is 3.80. The number of anilines is 1. The molecule has 0 saturated heterocycles. The van der Waals surface area contributed by atoms with Gasteiger partial charge in [0.1, 0.15) is 0 Å². The van der Waals surface area contributed by atoms with E-state index in [4.69, 9.17) is 27.9 Å². The van der Waals surface area contributed by atoms with Gasteiger partial charge in [0.2, 0.25) is 0 Å². The molecule has 0 radical (unpaired) electrons. The van der Waals surface area contributed by atoms with Crippen LogP contribution in [0.2, 0.25) is 10.0 Å². The molecule has 8 heteroatoms. The minimum absolute atomic E-state index is 0.298. The summed E-state index contributed by atoms with van der Waals surface area (Å²) in [6.45, 7) is 5.23. The van der Waals surface area contributed by atoms with Gasteiger partial charge in [-0.15, -0.1) is 0 Å². The molecule has 1 heterocycles. The van der Waals surface area contributed by atoms with Crippen molar-refractivity contribution in [1.29, 1.82) is 0 Å². The molecule has 0 unspecified atom stereocenters. The second kappa shape index (κ2) is 8.38. The van der Waals surface area contributed by atoms with Crippen molar-refractivity contribution in [2.75, 3.05) is 5.32 Å². The molecule has 0 aliphatic rings. The van der Waals surface area contributed by atoms with Crippen molar-refractivity contribution in [2.24, 2.45) is 7.05 Å². The number of rotatable bonds is 5. The first-order valence-electron chi connectivity index (χ1n) is 7.84. The molecule has 0 aliphatic heterocycles. The normalized spacial score (nSPS) is 12.2. The van der Waals surface area contributed by atoms with Crippen LogP contribution in [0.1, 0.15) is 23.9 Å². The molecule has 1 N–H and O–H groups in total. The highest BCUT2D eigenvalue weighted by Gasteiger charge is 2.18. The zero-order chi connectivity index (χ0) is 19.4. The van der Waals surface area contributed by atoms with Crippen LogP contribution in [-0.2, 0) is 21.4 Å². The van der Waals surface area contributed by atoms with E-state index in [1.54, 1.807) is 22.9 Å². The third-order valence-corrected chi connectivity index (χ3v) is 4.35. The number of benzene rings is 1. The lowest BCUT2D eigenvalue weighted by Gasteiger charge is -2.13. The van der Waals surface area contributed by atoms with Crippen molar-refractivity contribution < 1.29 is 14.3 Å². The molecule has 1 aromatic heterocycles. The molecule has 0 bridgehead atoms. The Kier molecular flexibility index (Phi) is 6.45. The highest BCUT2D eigenvalue weighted by Crippen LogP contribution is 2.25. The summed E-state index contributed by atoms with van der Waals surface area (Å²) in [5, 5.41) is 7.61. The van der Waals surface area contributed by atoms with Gasteiger partial charge < -0.3 is 10.1 Å². The van der Waals surface area contributed by atoms with E-state index in [0.29, 0.717) is 15.7 Å². The van der Waals surface area contributed by atoms with Crippen molar-refractivity contribution in [3.05, 3.63) is 51.3 Å². The topological polar surface area (TPSA) is 73.2 Å². The first-order valence-corrected chi connectivity index (χ1v) is 8.59. The average Bonchev–Trinajstić information content (AvgIpc) is 2.80. The largest absolute Gasteiger partial charge is 0.449 e. The van der Waals surface area contributed by atoms with E-state index in [-0.39, 0.29) is 0 Å². The van der Waals surface area contributed by atoms with Gasteiger partial charge in [-0.25, -0.2) is 4.79 Å². The van der Waals surface area contributed by atoms with Crippen molar-refractivity contribution in [1.82, 2.24) is 9.78 Å². The summed E-state index contributed by atoms with van der Waals surface area (Å²) in [5.41, 5.74) is 2.96. The molecule has 0 spiro atoms. The quantitative estimate of drug-likeness (QED) is 0.614. The number of aromatic nitrogens is 2. The van der Waals surface area contributed by atoms with E-state index >= 15 is 0 Å². The number of esters is 1. The molecule has 1 amide bonds. The average molecular weight is 396 g/mol. The molecule has 6 nitrogen and oxygen atoms in total. The molecule has 1 atom stereocenters. The number of carbonyl (C=O) groups is 2. The second-order valence-electron chi connectivity index (χ2n) is 5.73. The Morgan fingerprint density at radius 3 is 2.58 bits per heavy atom. The van der Waals surface area contributed by atoms with E-state index < -0.39 is 18.0 Å². The van der Waals surface area contributed by atoms with Crippen LogP contribution in [0.3, 0.4) is 0 Å². The summed E-state index contributed by atoms with van der Waals surface area (Å²) in [6.07, 6.45) is 1.91. The predicted octanol–water partition coefficient (Wildman–Crippen LogP) is 3.93. The summed E-state index contributed by atoms with van der Waals surface area (Å²) in [5.74, 6) is -1.12. The van der Waals surface area contributed by atoms with Gasteiger partial charge >= 0.3 is 5.97 Å². The minimum Gasteiger partial charge on any atom is -0.449 e. The van der Waals surface area contributed by atoms with Crippen LogP contribution >= 0.6 is 23.2 Å². The van der Waals surface area contributed by atoms with Crippen molar-refractivity contribution >= 4 is 46.8 Å². The first-order chi connectivity index (χ1) is 12.2. The lowest BCUT2D eigenvalue weighted by molar-refractivity contribution is -0.148. The van der Waals surface area contributed by atoms with Gasteiger partial charge in [0.05, 0.1) is 16.4 Å². The molecule has 2 rings (SSSR count). The Morgan fingerprint density at radius 2 is 2.00 bits per heavy atom. The zero-order valence-corrected chi connectivity index (χ0v) is 16.4. The molecule has 138 valence electrons. The maximum Gasteiger partial charge on any atom is 0.331 e. The smallest absolute Gasteiger partial charge is 0.331 e. The Labute approximate surface area is 161 Å². The molecule has 0 saturated carbocycles. The number of amides is 1. The van der Waals surface area contributed by atoms with Crippen LogP contribution in [0.15, 0.2) is 24.3 Å². The lowest BCUT2D eigenvalue weighted by atomic mass is 10.2. The molecule has 0 aliphatic carbocycles. The molecular weight excluding hydrogens is 377 g/mol. The van der Waals surface area contributed by atoms with Crippen molar-refractivity contribution in [3.63, 3.8) is 0 Å². The minimum atomic E-state index is -0.991. The van der Waals surface area contributed by atoms with E-state index in [9.17, 15) is 9.59 Å². The Morgan fingerprint density at radius 1 is 1.31 bits per heavy atom. The summed E-state index contributed by atoms with van der Waals surface area (Å²) >= 11 is 11.8. The number of halogens is 2. The maximum atomic E-state index is 12.2. The monoisotopic (exact) mass is 395 g/mol. The fourth-order valence-electron chi connectivity index (χ4n) is 2.27. The molecular formula is C18H19Cl2N3O3. The Hall–Kier alpha value is -2.31. The van der Waals surface area contributed by atoms with Gasteiger partial charge in [-0.2, -0.15) is 5.10 Å².